The van der Waals surface area contributed by atoms with Crippen LogP contribution in [0.15, 0.2) is 12.2 Å². The minimum Gasteiger partial charge on any atom is -0.462 e. The van der Waals surface area contributed by atoms with Crippen molar-refractivity contribution in [2.24, 2.45) is 0 Å². The number of esters is 1. The Morgan fingerprint density at radius 3 is 2.24 bits per heavy atom. The fourth-order valence-electron chi connectivity index (χ4n) is 1.49. The molecule has 0 heterocycles. The molecule has 0 fully saturated rings. The lowest BCUT2D eigenvalue weighted by Gasteiger charge is -2.23. The molecule has 0 bridgehead atoms. The maximum Gasteiger partial charge on any atom is 0.333 e. The van der Waals surface area contributed by atoms with Gasteiger partial charge in [-0.1, -0.05) is 6.58 Å². The van der Waals surface area contributed by atoms with Crippen LogP contribution in [0.2, 0.25) is 32.2 Å². The molecule has 0 saturated heterocycles. The Morgan fingerprint density at radius 2 is 1.76 bits per heavy atom. The predicted molar refractivity (Wildman–Crippen MR) is 93.4 cm³/mol. The molecule has 0 atom stereocenters. The Bertz CT molecular complexity index is 300. The van der Waals surface area contributed by atoms with Crippen LogP contribution in [0, 0.1) is 0 Å². The van der Waals surface area contributed by atoms with Crippen molar-refractivity contribution in [3.05, 3.63) is 12.2 Å². The molecule has 0 aromatic heterocycles. The highest BCUT2D eigenvalue weighted by Crippen LogP contribution is 2.03. The number of ether oxygens (including phenoxy) is 1. The van der Waals surface area contributed by atoms with Crippen molar-refractivity contribution < 1.29 is 22.8 Å². The maximum atomic E-state index is 11.2. The second-order valence-corrected chi connectivity index (χ2v) is 11.8. The molecular weight excluding hydrogens is 320 g/mol. The van der Waals surface area contributed by atoms with E-state index < -0.39 is 27.8 Å². The van der Waals surface area contributed by atoms with Crippen LogP contribution in [0.1, 0.15) is 13.3 Å². The summed E-state index contributed by atoms with van der Waals surface area (Å²) < 4.78 is 22.4. The van der Waals surface area contributed by atoms with Gasteiger partial charge in [0.25, 0.3) is 0 Å². The van der Waals surface area contributed by atoms with Crippen LogP contribution < -0.4 is 0 Å². The van der Waals surface area contributed by atoms with Gasteiger partial charge in [0, 0.05) is 5.57 Å². The van der Waals surface area contributed by atoms with E-state index in [1.165, 1.54) is 0 Å². The molecule has 5 nitrogen and oxygen atoms in total. The fraction of sp³-hybridized carbons (Fsp3) is 0.769. The summed E-state index contributed by atoms with van der Waals surface area (Å²) in [6, 6.07) is 0.981. The second kappa shape index (κ2) is 12.3. The molecule has 0 rings (SSSR count). The molecular formula is C13H30O5Si3. The van der Waals surface area contributed by atoms with Crippen LogP contribution >= 0.6 is 0 Å². The summed E-state index contributed by atoms with van der Waals surface area (Å²) >= 11 is 0. The summed E-state index contributed by atoms with van der Waals surface area (Å²) in [6.07, 6.45) is 0.659. The molecule has 0 spiro atoms. The third-order valence-electron chi connectivity index (χ3n) is 2.37. The van der Waals surface area contributed by atoms with Crippen LogP contribution in [0.5, 0.6) is 0 Å². The first-order valence-electron chi connectivity index (χ1n) is 7.54. The molecule has 0 unspecified atom stereocenters. The first kappa shape index (κ1) is 20.7. The topological polar surface area (TPSA) is 54.0 Å². The number of rotatable bonds is 12. The lowest BCUT2D eigenvalue weighted by Crippen LogP contribution is -2.32. The van der Waals surface area contributed by atoms with E-state index in [1.54, 1.807) is 6.92 Å². The first-order chi connectivity index (χ1) is 9.82. The highest BCUT2D eigenvalue weighted by molar-refractivity contribution is 6.49. The zero-order chi connectivity index (χ0) is 16.3. The van der Waals surface area contributed by atoms with E-state index in [9.17, 15) is 4.79 Å². The Hall–Kier alpha value is -0.259. The largest absolute Gasteiger partial charge is 0.462 e. The molecule has 0 amide bonds. The van der Waals surface area contributed by atoms with Crippen LogP contribution in [-0.2, 0) is 22.8 Å². The second-order valence-electron chi connectivity index (χ2n) is 5.50. The average Bonchev–Trinajstić information content (AvgIpc) is 2.35. The highest BCUT2D eigenvalue weighted by Gasteiger charge is 2.14. The summed E-state index contributed by atoms with van der Waals surface area (Å²) in [4.78, 5) is 11.2. The standard InChI is InChI=1S/C13H30O5Si3/c1-11(2)13(14)15-8-7-9-19-16-10-12(17-20(3)4)18-21(5)6/h12,20-21H,1,7-10,19H2,2-6H3. The summed E-state index contributed by atoms with van der Waals surface area (Å²) in [5.74, 6) is -0.316. The third kappa shape index (κ3) is 13.1. The summed E-state index contributed by atoms with van der Waals surface area (Å²) in [7, 11) is -2.83. The minimum absolute atomic E-state index is 0.183. The van der Waals surface area contributed by atoms with E-state index >= 15 is 0 Å². The zero-order valence-electron chi connectivity index (χ0n) is 14.0. The number of carbonyl (C=O) groups is 1. The van der Waals surface area contributed by atoms with Crippen molar-refractivity contribution >= 4 is 33.8 Å². The zero-order valence-corrected chi connectivity index (χ0v) is 17.7. The maximum absolute atomic E-state index is 11.2. The summed E-state index contributed by atoms with van der Waals surface area (Å²) in [5.41, 5.74) is 0.441. The van der Waals surface area contributed by atoms with Crippen LogP contribution in [0.4, 0.5) is 0 Å². The van der Waals surface area contributed by atoms with Gasteiger partial charge in [-0.05, 0) is 45.6 Å². The summed E-state index contributed by atoms with van der Waals surface area (Å²) in [6.45, 7) is 14.7. The molecule has 0 aliphatic carbocycles. The van der Waals surface area contributed by atoms with Gasteiger partial charge in [-0.25, -0.2) is 4.79 Å². The number of hydrogen-bond acceptors (Lipinski definition) is 5. The molecule has 0 radical (unpaired) electrons. The van der Waals surface area contributed by atoms with E-state index in [0.717, 1.165) is 12.5 Å². The van der Waals surface area contributed by atoms with Gasteiger partial charge >= 0.3 is 5.97 Å². The lowest BCUT2D eigenvalue weighted by atomic mass is 10.4. The highest BCUT2D eigenvalue weighted by atomic mass is 28.3. The Morgan fingerprint density at radius 1 is 1.19 bits per heavy atom. The van der Waals surface area contributed by atoms with E-state index in [4.69, 9.17) is 18.0 Å². The molecule has 8 heteroatoms. The summed E-state index contributed by atoms with van der Waals surface area (Å²) in [5, 5.41) is 0. The Balaban J connectivity index is 3.66. The van der Waals surface area contributed by atoms with Gasteiger partial charge < -0.3 is 18.0 Å². The SMILES string of the molecule is C=C(C)C(=O)OCCC[SiH2]OCC(O[SiH](C)C)O[SiH](C)C. The molecule has 124 valence electrons. The van der Waals surface area contributed by atoms with Gasteiger partial charge in [-0.2, -0.15) is 0 Å². The normalized spacial score (nSPS) is 12.0. The van der Waals surface area contributed by atoms with Gasteiger partial charge in [0.05, 0.1) is 13.2 Å². The van der Waals surface area contributed by atoms with Crippen LogP contribution in [-0.4, -0.2) is 53.3 Å². The molecule has 0 saturated carbocycles. The molecule has 0 aromatic rings. The number of carbonyl (C=O) groups excluding carboxylic acids is 1. The average molecular weight is 351 g/mol. The number of hydrogen-bond donors (Lipinski definition) is 0. The predicted octanol–water partition coefficient (Wildman–Crippen LogP) is 1.34. The molecule has 0 aliphatic rings. The van der Waals surface area contributed by atoms with Gasteiger partial charge in [0.2, 0.25) is 0 Å². The molecule has 0 aliphatic heterocycles. The van der Waals surface area contributed by atoms with E-state index in [0.29, 0.717) is 18.8 Å². The van der Waals surface area contributed by atoms with Crippen LogP contribution in [0.25, 0.3) is 0 Å². The van der Waals surface area contributed by atoms with Crippen molar-refractivity contribution in [2.75, 3.05) is 13.2 Å². The van der Waals surface area contributed by atoms with Gasteiger partial charge in [-0.15, -0.1) is 0 Å². The lowest BCUT2D eigenvalue weighted by molar-refractivity contribution is -0.138. The quantitative estimate of drug-likeness (QED) is 0.175. The van der Waals surface area contributed by atoms with Crippen molar-refractivity contribution in [3.63, 3.8) is 0 Å². The minimum atomic E-state index is -1.11. The van der Waals surface area contributed by atoms with E-state index in [-0.39, 0.29) is 12.3 Å². The van der Waals surface area contributed by atoms with E-state index in [2.05, 4.69) is 32.8 Å². The third-order valence-corrected chi connectivity index (χ3v) is 5.38. The van der Waals surface area contributed by atoms with Gasteiger partial charge in [0.15, 0.2) is 34.1 Å². The smallest absolute Gasteiger partial charge is 0.333 e. The van der Waals surface area contributed by atoms with Gasteiger partial charge in [0.1, 0.15) is 0 Å². The Labute approximate surface area is 134 Å². The first-order valence-corrected chi connectivity index (χ1v) is 14.7. The van der Waals surface area contributed by atoms with Crippen molar-refractivity contribution in [3.8, 4) is 0 Å². The van der Waals surface area contributed by atoms with Crippen molar-refractivity contribution in [2.45, 2.75) is 51.9 Å². The molecule has 0 N–H and O–H groups in total. The van der Waals surface area contributed by atoms with Crippen LogP contribution in [0.3, 0.4) is 0 Å². The van der Waals surface area contributed by atoms with E-state index in [1.807, 2.05) is 0 Å². The molecule has 21 heavy (non-hydrogen) atoms. The fourth-order valence-corrected chi connectivity index (χ4v) is 4.09. The van der Waals surface area contributed by atoms with Gasteiger partial charge in [-0.3, -0.25) is 0 Å². The Kier molecular flexibility index (Phi) is 12.1. The monoisotopic (exact) mass is 350 g/mol. The van der Waals surface area contributed by atoms with Crippen molar-refractivity contribution in [1.29, 1.82) is 0 Å². The molecule has 0 aromatic carbocycles. The van der Waals surface area contributed by atoms with Crippen molar-refractivity contribution in [1.82, 2.24) is 0 Å².